The molecule has 0 aromatic carbocycles. The number of hydrogen-bond acceptors (Lipinski definition) is 2. The summed E-state index contributed by atoms with van der Waals surface area (Å²) in [6.07, 6.45) is 11.3. The van der Waals surface area contributed by atoms with Crippen LogP contribution in [0.3, 0.4) is 0 Å². The van der Waals surface area contributed by atoms with Crippen molar-refractivity contribution in [3.63, 3.8) is 0 Å². The summed E-state index contributed by atoms with van der Waals surface area (Å²) in [5, 5.41) is 0. The fraction of sp³-hybridized carbons (Fsp3) is 0.875. The van der Waals surface area contributed by atoms with Crippen LogP contribution < -0.4 is 0 Å². The van der Waals surface area contributed by atoms with Crippen LogP contribution in [0.5, 0.6) is 0 Å². The van der Waals surface area contributed by atoms with Crippen molar-refractivity contribution in [3.8, 4) is 0 Å². The van der Waals surface area contributed by atoms with Gasteiger partial charge in [0, 0.05) is 0 Å². The molecular formula is C16H30O2. The minimum absolute atomic E-state index is 0.0122. The van der Waals surface area contributed by atoms with E-state index >= 15 is 0 Å². The molecule has 0 saturated carbocycles. The standard InChI is InChI=1S/C16H30O2/c1-4-6-8-10-11-15-14(3)13-17-16(18-15)12-9-7-5-2/h15-16H,3-13H2,1-2H3. The Bertz CT molecular complexity index is 225. The second-order valence-electron chi connectivity index (χ2n) is 5.37. The molecule has 0 aromatic rings. The van der Waals surface area contributed by atoms with Crippen LogP contribution in [-0.2, 0) is 9.47 Å². The predicted octanol–water partition coefficient (Wildman–Crippen LogP) is 4.83. The molecule has 1 heterocycles. The van der Waals surface area contributed by atoms with Crippen molar-refractivity contribution < 1.29 is 9.47 Å². The first-order valence-electron chi connectivity index (χ1n) is 7.72. The molecule has 0 spiro atoms. The average Bonchev–Trinajstić information content (AvgIpc) is 2.38. The van der Waals surface area contributed by atoms with Gasteiger partial charge in [-0.2, -0.15) is 0 Å². The van der Waals surface area contributed by atoms with E-state index in [9.17, 15) is 0 Å². The van der Waals surface area contributed by atoms with Crippen LogP contribution in [0.2, 0.25) is 0 Å². The summed E-state index contributed by atoms with van der Waals surface area (Å²) in [4.78, 5) is 0. The Morgan fingerprint density at radius 3 is 2.39 bits per heavy atom. The summed E-state index contributed by atoms with van der Waals surface area (Å²) < 4.78 is 11.7. The van der Waals surface area contributed by atoms with Gasteiger partial charge in [0.15, 0.2) is 6.29 Å². The van der Waals surface area contributed by atoms with E-state index in [1.54, 1.807) is 0 Å². The normalized spacial score (nSPS) is 24.4. The molecule has 106 valence electrons. The molecule has 18 heavy (non-hydrogen) atoms. The maximum Gasteiger partial charge on any atom is 0.158 e. The van der Waals surface area contributed by atoms with Crippen molar-refractivity contribution >= 4 is 0 Å². The van der Waals surface area contributed by atoms with Gasteiger partial charge in [0.05, 0.1) is 12.7 Å². The van der Waals surface area contributed by atoms with E-state index in [0.29, 0.717) is 6.61 Å². The molecule has 1 aliphatic heterocycles. The molecule has 1 fully saturated rings. The lowest BCUT2D eigenvalue weighted by molar-refractivity contribution is -0.191. The van der Waals surface area contributed by atoms with Gasteiger partial charge in [-0.15, -0.1) is 0 Å². The van der Waals surface area contributed by atoms with Gasteiger partial charge in [-0.1, -0.05) is 59.0 Å². The number of ether oxygens (including phenoxy) is 2. The molecule has 0 bridgehead atoms. The third-order valence-corrected chi connectivity index (χ3v) is 3.59. The molecule has 1 aliphatic rings. The first-order chi connectivity index (χ1) is 8.77. The predicted molar refractivity (Wildman–Crippen MR) is 76.7 cm³/mol. The second-order valence-corrected chi connectivity index (χ2v) is 5.37. The molecule has 2 heteroatoms. The van der Waals surface area contributed by atoms with Gasteiger partial charge in [0.2, 0.25) is 0 Å². The molecule has 0 radical (unpaired) electrons. The van der Waals surface area contributed by atoms with Gasteiger partial charge < -0.3 is 9.47 Å². The van der Waals surface area contributed by atoms with E-state index < -0.39 is 0 Å². The van der Waals surface area contributed by atoms with Crippen molar-refractivity contribution in [1.29, 1.82) is 0 Å². The van der Waals surface area contributed by atoms with Crippen molar-refractivity contribution in [3.05, 3.63) is 12.2 Å². The molecule has 1 saturated heterocycles. The van der Waals surface area contributed by atoms with Crippen molar-refractivity contribution in [1.82, 2.24) is 0 Å². The monoisotopic (exact) mass is 254 g/mol. The van der Waals surface area contributed by atoms with Gasteiger partial charge in [-0.25, -0.2) is 0 Å². The summed E-state index contributed by atoms with van der Waals surface area (Å²) in [7, 11) is 0. The van der Waals surface area contributed by atoms with Crippen LogP contribution in [-0.4, -0.2) is 19.0 Å². The topological polar surface area (TPSA) is 18.5 Å². The summed E-state index contributed by atoms with van der Waals surface area (Å²) >= 11 is 0. The smallest absolute Gasteiger partial charge is 0.158 e. The van der Waals surface area contributed by atoms with Gasteiger partial charge in [0.25, 0.3) is 0 Å². The molecule has 2 unspecified atom stereocenters. The summed E-state index contributed by atoms with van der Waals surface area (Å²) in [5.74, 6) is 0. The van der Waals surface area contributed by atoms with Crippen molar-refractivity contribution in [2.24, 2.45) is 0 Å². The van der Waals surface area contributed by atoms with Crippen LogP contribution in [0.1, 0.15) is 71.6 Å². The number of hydrogen-bond donors (Lipinski definition) is 0. The van der Waals surface area contributed by atoms with Crippen LogP contribution >= 0.6 is 0 Å². The van der Waals surface area contributed by atoms with E-state index in [4.69, 9.17) is 9.47 Å². The maximum atomic E-state index is 6.00. The Hall–Kier alpha value is -0.340. The highest BCUT2D eigenvalue weighted by Crippen LogP contribution is 2.24. The average molecular weight is 254 g/mol. The zero-order valence-corrected chi connectivity index (χ0v) is 12.2. The Labute approximate surface area is 113 Å². The van der Waals surface area contributed by atoms with Crippen LogP contribution in [0.4, 0.5) is 0 Å². The minimum Gasteiger partial charge on any atom is -0.348 e. The molecule has 0 aromatic heterocycles. The third kappa shape index (κ3) is 6.01. The summed E-state index contributed by atoms with van der Waals surface area (Å²) in [5.41, 5.74) is 1.12. The van der Waals surface area contributed by atoms with Gasteiger partial charge in [0.1, 0.15) is 0 Å². The van der Waals surface area contributed by atoms with Crippen molar-refractivity contribution in [2.45, 2.75) is 84.0 Å². The Morgan fingerprint density at radius 2 is 1.67 bits per heavy atom. The zero-order valence-electron chi connectivity index (χ0n) is 12.2. The van der Waals surface area contributed by atoms with Crippen LogP contribution in [0.15, 0.2) is 12.2 Å². The number of unbranched alkanes of at least 4 members (excludes halogenated alkanes) is 5. The molecule has 0 aliphatic carbocycles. The lowest BCUT2D eigenvalue weighted by Gasteiger charge is -2.32. The van der Waals surface area contributed by atoms with Crippen LogP contribution in [0.25, 0.3) is 0 Å². The first kappa shape index (κ1) is 15.7. The van der Waals surface area contributed by atoms with E-state index in [1.807, 2.05) is 0 Å². The highest BCUT2D eigenvalue weighted by atomic mass is 16.7. The van der Waals surface area contributed by atoms with E-state index in [2.05, 4.69) is 20.4 Å². The summed E-state index contributed by atoms with van der Waals surface area (Å²) in [6.45, 7) is 9.23. The van der Waals surface area contributed by atoms with Crippen molar-refractivity contribution in [2.75, 3.05) is 6.61 Å². The lowest BCUT2D eigenvalue weighted by atomic mass is 10.0. The Balaban J connectivity index is 2.21. The Morgan fingerprint density at radius 1 is 1.00 bits per heavy atom. The summed E-state index contributed by atoms with van der Waals surface area (Å²) in [6, 6.07) is 0. The molecule has 1 rings (SSSR count). The zero-order chi connectivity index (χ0) is 13.2. The first-order valence-corrected chi connectivity index (χ1v) is 7.72. The lowest BCUT2D eigenvalue weighted by Crippen LogP contribution is -2.34. The minimum atomic E-state index is 0.0122. The SMILES string of the molecule is C=C1COC(CCCCC)OC1CCCCCC. The molecular weight excluding hydrogens is 224 g/mol. The fourth-order valence-corrected chi connectivity index (χ4v) is 2.35. The molecule has 0 N–H and O–H groups in total. The van der Waals surface area contributed by atoms with E-state index in [-0.39, 0.29) is 12.4 Å². The Kier molecular flexibility index (Phi) is 8.36. The molecule has 2 atom stereocenters. The quantitative estimate of drug-likeness (QED) is 0.433. The van der Waals surface area contributed by atoms with E-state index in [1.165, 1.54) is 44.9 Å². The second kappa shape index (κ2) is 9.57. The highest BCUT2D eigenvalue weighted by molar-refractivity contribution is 5.04. The molecule has 0 amide bonds. The van der Waals surface area contributed by atoms with Gasteiger partial charge >= 0.3 is 0 Å². The fourth-order valence-electron chi connectivity index (χ4n) is 2.35. The van der Waals surface area contributed by atoms with Gasteiger partial charge in [-0.3, -0.25) is 0 Å². The van der Waals surface area contributed by atoms with Crippen LogP contribution in [0, 0.1) is 0 Å². The molecule has 2 nitrogen and oxygen atoms in total. The van der Waals surface area contributed by atoms with Gasteiger partial charge in [-0.05, 0) is 24.8 Å². The van der Waals surface area contributed by atoms with E-state index in [0.717, 1.165) is 18.4 Å². The maximum absolute atomic E-state index is 6.00. The highest BCUT2D eigenvalue weighted by Gasteiger charge is 2.24. The third-order valence-electron chi connectivity index (χ3n) is 3.59. The largest absolute Gasteiger partial charge is 0.348 e. The number of rotatable bonds is 9.